The molecule has 0 heterocycles. The summed E-state index contributed by atoms with van der Waals surface area (Å²) in [5.74, 6) is -1.70. The SMILES string of the molecule is CSCC[C@H](N)C(=O)N[C@H](C(=O)N[C@H](C(=O)O)C(C)C)C(C)C. The van der Waals surface area contributed by atoms with Gasteiger partial charge < -0.3 is 21.5 Å². The largest absolute Gasteiger partial charge is 0.480 e. The standard InChI is InChI=1S/C15H29N3O4S/c1-8(2)11(17-13(19)10(16)6-7-23-5)14(20)18-12(9(3)4)15(21)22/h8-12H,6-7,16H2,1-5H3,(H,17,19)(H,18,20)(H,21,22)/t10-,11-,12-/m0/s1. The maximum atomic E-state index is 12.3. The lowest BCUT2D eigenvalue weighted by Crippen LogP contribution is -2.57. The first-order valence-corrected chi connectivity index (χ1v) is 9.09. The van der Waals surface area contributed by atoms with Crippen molar-refractivity contribution in [2.75, 3.05) is 12.0 Å². The van der Waals surface area contributed by atoms with Crippen molar-refractivity contribution in [2.45, 2.75) is 52.2 Å². The average Bonchev–Trinajstić information content (AvgIpc) is 2.45. The molecule has 0 aliphatic carbocycles. The molecule has 134 valence electrons. The van der Waals surface area contributed by atoms with Crippen LogP contribution < -0.4 is 16.4 Å². The maximum absolute atomic E-state index is 12.3. The van der Waals surface area contributed by atoms with Gasteiger partial charge in [-0.25, -0.2) is 4.79 Å². The van der Waals surface area contributed by atoms with Crippen LogP contribution in [0.4, 0.5) is 0 Å². The van der Waals surface area contributed by atoms with Crippen LogP contribution >= 0.6 is 11.8 Å². The molecule has 7 nitrogen and oxygen atoms in total. The molecular weight excluding hydrogens is 318 g/mol. The molecule has 0 bridgehead atoms. The number of thioether (sulfide) groups is 1. The van der Waals surface area contributed by atoms with Crippen LogP contribution in [0.5, 0.6) is 0 Å². The highest BCUT2D eigenvalue weighted by Gasteiger charge is 2.30. The van der Waals surface area contributed by atoms with Crippen molar-refractivity contribution >= 4 is 29.5 Å². The predicted octanol–water partition coefficient (Wildman–Crippen LogP) is 0.433. The van der Waals surface area contributed by atoms with Crippen molar-refractivity contribution in [1.82, 2.24) is 10.6 Å². The van der Waals surface area contributed by atoms with Crippen LogP contribution in [0.3, 0.4) is 0 Å². The molecule has 0 spiro atoms. The molecule has 3 atom stereocenters. The highest BCUT2D eigenvalue weighted by molar-refractivity contribution is 7.98. The topological polar surface area (TPSA) is 122 Å². The zero-order chi connectivity index (χ0) is 18.2. The van der Waals surface area contributed by atoms with E-state index in [1.54, 1.807) is 39.5 Å². The molecule has 8 heteroatoms. The van der Waals surface area contributed by atoms with E-state index in [2.05, 4.69) is 10.6 Å². The van der Waals surface area contributed by atoms with E-state index in [1.807, 2.05) is 6.26 Å². The highest BCUT2D eigenvalue weighted by atomic mass is 32.2. The number of rotatable bonds is 10. The highest BCUT2D eigenvalue weighted by Crippen LogP contribution is 2.07. The molecule has 5 N–H and O–H groups in total. The summed E-state index contributed by atoms with van der Waals surface area (Å²) in [6.07, 6.45) is 2.44. The van der Waals surface area contributed by atoms with Crippen LogP contribution in [0, 0.1) is 11.8 Å². The fourth-order valence-corrected chi connectivity index (χ4v) is 2.42. The summed E-state index contributed by atoms with van der Waals surface area (Å²) < 4.78 is 0. The Morgan fingerprint density at radius 3 is 1.87 bits per heavy atom. The Balaban J connectivity index is 4.87. The van der Waals surface area contributed by atoms with E-state index in [4.69, 9.17) is 10.8 Å². The van der Waals surface area contributed by atoms with E-state index >= 15 is 0 Å². The van der Waals surface area contributed by atoms with Gasteiger partial charge >= 0.3 is 5.97 Å². The van der Waals surface area contributed by atoms with Gasteiger partial charge in [-0.1, -0.05) is 27.7 Å². The molecule has 0 rings (SSSR count). The minimum atomic E-state index is -1.10. The van der Waals surface area contributed by atoms with Crippen molar-refractivity contribution < 1.29 is 19.5 Å². The minimum absolute atomic E-state index is 0.187. The molecule has 0 unspecified atom stereocenters. The lowest BCUT2D eigenvalue weighted by atomic mass is 10.00. The van der Waals surface area contributed by atoms with Gasteiger partial charge in [0, 0.05) is 0 Å². The average molecular weight is 347 g/mol. The molecule has 0 aliphatic heterocycles. The first-order chi connectivity index (χ1) is 10.6. The normalized spacial score (nSPS) is 15.1. The summed E-state index contributed by atoms with van der Waals surface area (Å²) in [7, 11) is 0. The molecule has 0 fully saturated rings. The van der Waals surface area contributed by atoms with Gasteiger partial charge in [-0.05, 0) is 30.3 Å². The third kappa shape index (κ3) is 7.69. The summed E-state index contributed by atoms with van der Waals surface area (Å²) in [6, 6.07) is -2.49. The van der Waals surface area contributed by atoms with Gasteiger partial charge in [0.1, 0.15) is 12.1 Å². The van der Waals surface area contributed by atoms with E-state index < -0.39 is 35.9 Å². The van der Waals surface area contributed by atoms with Crippen LogP contribution in [-0.4, -0.2) is 53.0 Å². The minimum Gasteiger partial charge on any atom is -0.480 e. The molecule has 0 aromatic carbocycles. The van der Waals surface area contributed by atoms with E-state index in [1.165, 1.54) is 0 Å². The molecule has 0 aromatic rings. The number of nitrogens with two attached hydrogens (primary N) is 1. The lowest BCUT2D eigenvalue weighted by molar-refractivity contribution is -0.143. The van der Waals surface area contributed by atoms with Crippen molar-refractivity contribution in [1.29, 1.82) is 0 Å². The Morgan fingerprint density at radius 2 is 1.48 bits per heavy atom. The van der Waals surface area contributed by atoms with Crippen molar-refractivity contribution in [3.8, 4) is 0 Å². The van der Waals surface area contributed by atoms with Crippen molar-refractivity contribution in [3.63, 3.8) is 0 Å². The zero-order valence-corrected chi connectivity index (χ0v) is 15.3. The second kappa shape index (κ2) is 10.5. The molecule has 0 saturated heterocycles. The Kier molecular flexibility index (Phi) is 9.90. The molecule has 0 aromatic heterocycles. The van der Waals surface area contributed by atoms with Gasteiger partial charge in [-0.3, -0.25) is 9.59 Å². The van der Waals surface area contributed by atoms with Crippen LogP contribution in [-0.2, 0) is 14.4 Å². The van der Waals surface area contributed by atoms with Crippen LogP contribution in [0.25, 0.3) is 0 Å². The maximum Gasteiger partial charge on any atom is 0.326 e. The number of carboxylic acids is 1. The summed E-state index contributed by atoms with van der Waals surface area (Å²) in [5.41, 5.74) is 5.80. The van der Waals surface area contributed by atoms with Crippen LogP contribution in [0.1, 0.15) is 34.1 Å². The fourth-order valence-electron chi connectivity index (χ4n) is 1.93. The lowest BCUT2D eigenvalue weighted by Gasteiger charge is -2.26. The van der Waals surface area contributed by atoms with E-state index in [9.17, 15) is 14.4 Å². The van der Waals surface area contributed by atoms with Gasteiger partial charge in [0.25, 0.3) is 0 Å². The Bertz CT molecular complexity index is 416. The number of carboxylic acid groups (broad SMARTS) is 1. The van der Waals surface area contributed by atoms with Crippen LogP contribution in [0.15, 0.2) is 0 Å². The van der Waals surface area contributed by atoms with Gasteiger partial charge in [0.15, 0.2) is 0 Å². The Morgan fingerprint density at radius 1 is 1.00 bits per heavy atom. The summed E-state index contributed by atoms with van der Waals surface area (Å²) >= 11 is 1.59. The summed E-state index contributed by atoms with van der Waals surface area (Å²) in [6.45, 7) is 6.98. The number of carbonyl (C=O) groups excluding carboxylic acids is 2. The number of nitrogens with one attached hydrogen (secondary N) is 2. The second-order valence-corrected chi connectivity index (χ2v) is 7.17. The van der Waals surface area contributed by atoms with Gasteiger partial charge in [-0.2, -0.15) is 11.8 Å². The fraction of sp³-hybridized carbons (Fsp3) is 0.800. The van der Waals surface area contributed by atoms with Gasteiger partial charge in [0.2, 0.25) is 11.8 Å². The predicted molar refractivity (Wildman–Crippen MR) is 92.1 cm³/mol. The molecule has 0 aliphatic rings. The first kappa shape index (κ1) is 21.7. The molecule has 23 heavy (non-hydrogen) atoms. The Hall–Kier alpha value is -1.28. The van der Waals surface area contributed by atoms with Gasteiger partial charge in [0.05, 0.1) is 6.04 Å². The van der Waals surface area contributed by atoms with E-state index in [-0.39, 0.29) is 11.8 Å². The number of hydrogen-bond donors (Lipinski definition) is 4. The number of carbonyl (C=O) groups is 3. The third-order valence-corrected chi connectivity index (χ3v) is 4.09. The molecular formula is C15H29N3O4S. The first-order valence-electron chi connectivity index (χ1n) is 7.69. The number of hydrogen-bond acceptors (Lipinski definition) is 5. The molecule has 2 amide bonds. The smallest absolute Gasteiger partial charge is 0.326 e. The Labute approximate surface area is 142 Å². The van der Waals surface area contributed by atoms with Crippen molar-refractivity contribution in [3.05, 3.63) is 0 Å². The second-order valence-electron chi connectivity index (χ2n) is 6.19. The van der Waals surface area contributed by atoms with E-state index in [0.717, 1.165) is 5.75 Å². The molecule has 0 radical (unpaired) electrons. The quantitative estimate of drug-likeness (QED) is 0.455. The zero-order valence-electron chi connectivity index (χ0n) is 14.5. The summed E-state index contributed by atoms with van der Waals surface area (Å²) in [4.78, 5) is 35.6. The monoisotopic (exact) mass is 347 g/mol. The number of aliphatic carboxylic acids is 1. The van der Waals surface area contributed by atoms with Gasteiger partial charge in [-0.15, -0.1) is 0 Å². The van der Waals surface area contributed by atoms with Crippen LogP contribution in [0.2, 0.25) is 0 Å². The third-order valence-electron chi connectivity index (χ3n) is 3.45. The summed E-state index contributed by atoms with van der Waals surface area (Å²) in [5, 5.41) is 14.3. The molecule has 0 saturated carbocycles. The van der Waals surface area contributed by atoms with Crippen molar-refractivity contribution in [2.24, 2.45) is 17.6 Å². The number of amides is 2. The van der Waals surface area contributed by atoms with E-state index in [0.29, 0.717) is 6.42 Å².